The van der Waals surface area contributed by atoms with Crippen LogP contribution in [0.4, 0.5) is 0 Å². The first-order chi connectivity index (χ1) is 27.5. The number of aromatic nitrogens is 1. The first kappa shape index (κ1) is 31.4. The van der Waals surface area contributed by atoms with E-state index in [-0.39, 0.29) is 5.41 Å². The van der Waals surface area contributed by atoms with Crippen LogP contribution in [0.15, 0.2) is 188 Å². The highest BCUT2D eigenvalue weighted by molar-refractivity contribution is 6.38. The minimum atomic E-state index is -0.154. The van der Waals surface area contributed by atoms with Crippen LogP contribution >= 0.6 is 0 Å². The molecule has 0 atom stereocenters. The van der Waals surface area contributed by atoms with E-state index in [1.165, 1.54) is 115 Å². The van der Waals surface area contributed by atoms with Gasteiger partial charge < -0.3 is 4.57 Å². The topological polar surface area (TPSA) is 4.93 Å². The molecule has 11 aromatic rings. The van der Waals surface area contributed by atoms with Gasteiger partial charge in [-0.15, -0.1) is 0 Å². The maximum absolute atomic E-state index is 2.49. The molecule has 56 heavy (non-hydrogen) atoms. The van der Waals surface area contributed by atoms with Crippen molar-refractivity contribution < 1.29 is 0 Å². The third kappa shape index (κ3) is 4.31. The van der Waals surface area contributed by atoms with Crippen molar-refractivity contribution in [3.8, 4) is 39.1 Å². The van der Waals surface area contributed by atoms with Gasteiger partial charge in [0.05, 0.1) is 11.0 Å². The summed E-state index contributed by atoms with van der Waals surface area (Å²) in [6, 6.07) is 70.1. The first-order valence-electron chi connectivity index (χ1n) is 19.7. The Kier molecular flexibility index (Phi) is 6.46. The summed E-state index contributed by atoms with van der Waals surface area (Å²) < 4.78 is 2.47. The number of fused-ring (bicyclic) bond motifs is 14. The third-order valence-corrected chi connectivity index (χ3v) is 12.7. The third-order valence-electron chi connectivity index (χ3n) is 12.7. The highest BCUT2D eigenvalue weighted by Gasteiger charge is 2.36. The summed E-state index contributed by atoms with van der Waals surface area (Å²) in [6.07, 6.45) is 0. The largest absolute Gasteiger partial charge is 0.309 e. The second-order valence-corrected chi connectivity index (χ2v) is 16.1. The van der Waals surface area contributed by atoms with Gasteiger partial charge in [-0.1, -0.05) is 159 Å². The molecule has 1 aromatic heterocycles. The van der Waals surface area contributed by atoms with Crippen molar-refractivity contribution in [2.75, 3.05) is 0 Å². The lowest BCUT2D eigenvalue weighted by atomic mass is 9.80. The molecule has 0 fully saturated rings. The molecule has 0 unspecified atom stereocenters. The molecule has 0 bridgehead atoms. The fraction of sp³-hybridized carbons (Fsp3) is 0.0545. The van der Waals surface area contributed by atoms with Crippen molar-refractivity contribution in [2.24, 2.45) is 0 Å². The van der Waals surface area contributed by atoms with Gasteiger partial charge in [-0.05, 0) is 119 Å². The monoisotopic (exact) mass is 711 g/mol. The van der Waals surface area contributed by atoms with E-state index in [2.05, 4.69) is 206 Å². The van der Waals surface area contributed by atoms with Crippen LogP contribution in [0.2, 0.25) is 0 Å². The number of hydrogen-bond acceptors (Lipinski definition) is 0. The van der Waals surface area contributed by atoms with Crippen LogP contribution in [0.25, 0.3) is 104 Å². The van der Waals surface area contributed by atoms with E-state index in [0.29, 0.717) is 0 Å². The van der Waals surface area contributed by atoms with Gasteiger partial charge in [0.25, 0.3) is 0 Å². The molecule has 0 amide bonds. The average molecular weight is 712 g/mol. The first-order valence-corrected chi connectivity index (χ1v) is 19.7. The molecular weight excluding hydrogens is 675 g/mol. The Morgan fingerprint density at radius 3 is 1.71 bits per heavy atom. The zero-order valence-corrected chi connectivity index (χ0v) is 31.3. The number of rotatable bonds is 3. The maximum atomic E-state index is 2.49. The highest BCUT2D eigenvalue weighted by Crippen LogP contribution is 2.52. The maximum Gasteiger partial charge on any atom is 0.0626 e. The van der Waals surface area contributed by atoms with Gasteiger partial charge in [-0.3, -0.25) is 0 Å². The normalized spacial score (nSPS) is 13.3. The lowest BCUT2D eigenvalue weighted by Crippen LogP contribution is -2.15. The summed E-state index contributed by atoms with van der Waals surface area (Å²) in [5.74, 6) is 0. The Labute approximate surface area is 325 Å². The molecule has 0 radical (unpaired) electrons. The number of nitrogens with zero attached hydrogens (tertiary/aromatic N) is 1. The van der Waals surface area contributed by atoms with Crippen LogP contribution in [0.3, 0.4) is 0 Å². The van der Waals surface area contributed by atoms with E-state index in [1.807, 2.05) is 0 Å². The zero-order valence-electron chi connectivity index (χ0n) is 31.3. The molecule has 0 aliphatic heterocycles. The Morgan fingerprint density at radius 1 is 0.357 bits per heavy atom. The molecule has 1 heterocycles. The van der Waals surface area contributed by atoms with Crippen molar-refractivity contribution >= 4 is 64.9 Å². The summed E-state index contributed by atoms with van der Waals surface area (Å²) in [7, 11) is 0. The minimum Gasteiger partial charge on any atom is -0.309 e. The molecule has 12 rings (SSSR count). The van der Waals surface area contributed by atoms with E-state index in [9.17, 15) is 0 Å². The van der Waals surface area contributed by atoms with Crippen LogP contribution in [-0.4, -0.2) is 4.57 Å². The van der Waals surface area contributed by atoms with Crippen molar-refractivity contribution in [3.63, 3.8) is 0 Å². The van der Waals surface area contributed by atoms with Crippen LogP contribution in [0, 0.1) is 0 Å². The van der Waals surface area contributed by atoms with Gasteiger partial charge in [0.15, 0.2) is 0 Å². The van der Waals surface area contributed by atoms with Gasteiger partial charge in [0.2, 0.25) is 0 Å². The summed E-state index contributed by atoms with van der Waals surface area (Å²) in [6.45, 7) is 4.80. The molecule has 1 aliphatic carbocycles. The Bertz CT molecular complexity index is 3430. The highest BCUT2D eigenvalue weighted by atomic mass is 15.0. The zero-order chi connectivity index (χ0) is 37.1. The second kappa shape index (κ2) is 11.5. The van der Waals surface area contributed by atoms with E-state index < -0.39 is 0 Å². The molecule has 0 saturated heterocycles. The second-order valence-electron chi connectivity index (χ2n) is 16.1. The van der Waals surface area contributed by atoms with Gasteiger partial charge >= 0.3 is 0 Å². The Hall–Kier alpha value is -6.96. The number of para-hydroxylation sites is 2. The minimum absolute atomic E-state index is 0.154. The average Bonchev–Trinajstić information content (AvgIpc) is 3.72. The fourth-order valence-electron chi connectivity index (χ4n) is 10.1. The predicted molar refractivity (Wildman–Crippen MR) is 239 cm³/mol. The van der Waals surface area contributed by atoms with Gasteiger partial charge in [0, 0.05) is 32.6 Å². The Balaban J connectivity index is 1.09. The molecule has 1 aliphatic rings. The molecule has 0 N–H and O–H groups in total. The van der Waals surface area contributed by atoms with Gasteiger partial charge in [-0.25, -0.2) is 0 Å². The van der Waals surface area contributed by atoms with Crippen LogP contribution in [0.1, 0.15) is 25.0 Å². The van der Waals surface area contributed by atoms with E-state index in [1.54, 1.807) is 0 Å². The van der Waals surface area contributed by atoms with Crippen molar-refractivity contribution in [1.29, 1.82) is 0 Å². The van der Waals surface area contributed by atoms with Crippen LogP contribution in [0.5, 0.6) is 0 Å². The summed E-state index contributed by atoms with van der Waals surface area (Å²) in [4.78, 5) is 0. The van der Waals surface area contributed by atoms with E-state index in [4.69, 9.17) is 0 Å². The smallest absolute Gasteiger partial charge is 0.0626 e. The molecular formula is C55H37N. The fourth-order valence-corrected chi connectivity index (χ4v) is 10.1. The standard InChI is InChI=1S/C55H37N/c1-55(2)49-31-37(36-25-24-34-14-6-7-15-35(34)30-36)26-28-42(49)43-29-27-38(32-50(43)55)47-33-48-41-19-9-11-21-45(41)54-53(52(48)44-20-10-8-18-40(44)47)46-22-12-13-23-51(46)56(54)39-16-4-3-5-17-39/h3-33H,1-2H3. The number of hydrogen-bond donors (Lipinski definition) is 0. The van der Waals surface area contributed by atoms with Crippen molar-refractivity contribution in [1.82, 2.24) is 4.57 Å². The Morgan fingerprint density at radius 2 is 0.929 bits per heavy atom. The van der Waals surface area contributed by atoms with Gasteiger partial charge in [-0.2, -0.15) is 0 Å². The van der Waals surface area contributed by atoms with Crippen molar-refractivity contribution in [3.05, 3.63) is 199 Å². The molecule has 1 heteroatoms. The molecule has 0 spiro atoms. The van der Waals surface area contributed by atoms with E-state index in [0.717, 1.165) is 0 Å². The summed E-state index contributed by atoms with van der Waals surface area (Å²) in [5.41, 5.74) is 14.0. The number of benzene rings is 10. The van der Waals surface area contributed by atoms with Crippen LogP contribution < -0.4 is 0 Å². The molecule has 1 nitrogen and oxygen atoms in total. The quantitative estimate of drug-likeness (QED) is 0.161. The van der Waals surface area contributed by atoms with Crippen LogP contribution in [-0.2, 0) is 5.41 Å². The van der Waals surface area contributed by atoms with Gasteiger partial charge in [0.1, 0.15) is 0 Å². The molecule has 10 aromatic carbocycles. The lowest BCUT2D eigenvalue weighted by Gasteiger charge is -2.23. The molecule has 0 saturated carbocycles. The van der Waals surface area contributed by atoms with Crippen molar-refractivity contribution in [2.45, 2.75) is 19.3 Å². The molecule has 262 valence electrons. The SMILES string of the molecule is CC1(C)c2cc(-c3ccc4ccccc4c3)ccc2-c2ccc(-c3cc4c5ccccc5c5c(c6ccccc6n5-c5ccccc5)c4c4ccccc34)cc21. The summed E-state index contributed by atoms with van der Waals surface area (Å²) in [5, 5.41) is 12.9. The lowest BCUT2D eigenvalue weighted by molar-refractivity contribution is 0.661. The predicted octanol–water partition coefficient (Wildman–Crippen LogP) is 15.0. The van der Waals surface area contributed by atoms with E-state index >= 15 is 0 Å². The summed E-state index contributed by atoms with van der Waals surface area (Å²) >= 11 is 0.